The zero-order valence-corrected chi connectivity index (χ0v) is 15.9. The van der Waals surface area contributed by atoms with Crippen LogP contribution in [0, 0.1) is 0 Å². The lowest BCUT2D eigenvalue weighted by atomic mass is 10.0. The van der Waals surface area contributed by atoms with Gasteiger partial charge in [0.1, 0.15) is 5.75 Å². The summed E-state index contributed by atoms with van der Waals surface area (Å²) in [6.45, 7) is 3.16. The number of nitrogens with one attached hydrogen (secondary N) is 1. The Morgan fingerprint density at radius 3 is 2.48 bits per heavy atom. The lowest BCUT2D eigenvalue weighted by Crippen LogP contribution is -2.06. The lowest BCUT2D eigenvalue weighted by Gasteiger charge is -2.11. The molecule has 5 heteroatoms. The molecular weight excluding hydrogens is 340 g/mol. The van der Waals surface area contributed by atoms with Crippen LogP contribution in [0.5, 0.6) is 17.2 Å². The van der Waals surface area contributed by atoms with E-state index in [1.165, 1.54) is 0 Å². The Morgan fingerprint density at radius 2 is 1.70 bits per heavy atom. The first-order valence-corrected chi connectivity index (χ1v) is 8.88. The Balaban J connectivity index is 1.77. The maximum atomic E-state index is 5.77. The van der Waals surface area contributed by atoms with Gasteiger partial charge in [0.15, 0.2) is 11.5 Å². The van der Waals surface area contributed by atoms with Crippen LogP contribution >= 0.6 is 0 Å². The third-order valence-electron chi connectivity index (χ3n) is 4.25. The SMILES string of the molecule is CCOc1ccc2ccccc2c1/C=N\NCc1ccc(OC)c(OC)c1. The molecule has 5 nitrogen and oxygen atoms in total. The van der Waals surface area contributed by atoms with Gasteiger partial charge in [0.2, 0.25) is 0 Å². The van der Waals surface area contributed by atoms with E-state index in [9.17, 15) is 0 Å². The molecule has 3 aromatic carbocycles. The molecule has 1 N–H and O–H groups in total. The van der Waals surface area contributed by atoms with Crippen LogP contribution in [0.25, 0.3) is 10.8 Å². The van der Waals surface area contributed by atoms with E-state index >= 15 is 0 Å². The largest absolute Gasteiger partial charge is 0.493 e. The molecule has 140 valence electrons. The van der Waals surface area contributed by atoms with E-state index in [4.69, 9.17) is 14.2 Å². The summed E-state index contributed by atoms with van der Waals surface area (Å²) in [5, 5.41) is 6.67. The van der Waals surface area contributed by atoms with Crippen molar-refractivity contribution in [2.24, 2.45) is 5.10 Å². The van der Waals surface area contributed by atoms with E-state index in [2.05, 4.69) is 28.7 Å². The fraction of sp³-hybridized carbons (Fsp3) is 0.227. The molecule has 0 radical (unpaired) electrons. The standard InChI is InChI=1S/C22H24N2O3/c1-4-27-20-12-10-17-7-5-6-8-18(17)19(20)15-24-23-14-16-9-11-21(25-2)22(13-16)26-3/h5-13,15,23H,4,14H2,1-3H3/b24-15-. The Hall–Kier alpha value is -3.21. The first-order chi connectivity index (χ1) is 13.3. The number of hydrazone groups is 1. The van der Waals surface area contributed by atoms with E-state index in [1.807, 2.05) is 49.5 Å². The van der Waals surface area contributed by atoms with Crippen molar-refractivity contribution < 1.29 is 14.2 Å². The van der Waals surface area contributed by atoms with Gasteiger partial charge in [-0.05, 0) is 41.5 Å². The van der Waals surface area contributed by atoms with Gasteiger partial charge in [-0.3, -0.25) is 0 Å². The van der Waals surface area contributed by atoms with Crippen molar-refractivity contribution in [2.45, 2.75) is 13.5 Å². The molecule has 0 saturated carbocycles. The van der Waals surface area contributed by atoms with Gasteiger partial charge in [-0.25, -0.2) is 0 Å². The lowest BCUT2D eigenvalue weighted by molar-refractivity contribution is 0.340. The Labute approximate surface area is 159 Å². The highest BCUT2D eigenvalue weighted by Gasteiger charge is 2.07. The highest BCUT2D eigenvalue weighted by Crippen LogP contribution is 2.28. The van der Waals surface area contributed by atoms with Crippen molar-refractivity contribution in [1.29, 1.82) is 0 Å². The summed E-state index contributed by atoms with van der Waals surface area (Å²) in [4.78, 5) is 0. The van der Waals surface area contributed by atoms with Crippen LogP contribution in [0.3, 0.4) is 0 Å². The first kappa shape index (κ1) is 18.6. The first-order valence-electron chi connectivity index (χ1n) is 8.88. The van der Waals surface area contributed by atoms with Gasteiger partial charge < -0.3 is 19.6 Å². The average molecular weight is 364 g/mol. The van der Waals surface area contributed by atoms with E-state index in [1.54, 1.807) is 14.2 Å². The molecule has 3 rings (SSSR count). The van der Waals surface area contributed by atoms with Crippen molar-refractivity contribution in [2.75, 3.05) is 20.8 Å². The fourth-order valence-corrected chi connectivity index (χ4v) is 2.93. The van der Waals surface area contributed by atoms with E-state index in [-0.39, 0.29) is 0 Å². The zero-order valence-electron chi connectivity index (χ0n) is 15.9. The number of hydrogen-bond donors (Lipinski definition) is 1. The van der Waals surface area contributed by atoms with Gasteiger partial charge in [-0.1, -0.05) is 36.4 Å². The molecule has 0 fully saturated rings. The van der Waals surface area contributed by atoms with Gasteiger partial charge in [0.05, 0.1) is 33.6 Å². The van der Waals surface area contributed by atoms with Crippen molar-refractivity contribution in [3.8, 4) is 17.2 Å². The van der Waals surface area contributed by atoms with Crippen LogP contribution in [0.4, 0.5) is 0 Å². The maximum absolute atomic E-state index is 5.77. The molecule has 0 bridgehead atoms. The number of hydrogen-bond acceptors (Lipinski definition) is 5. The third-order valence-corrected chi connectivity index (χ3v) is 4.25. The maximum Gasteiger partial charge on any atom is 0.161 e. The van der Waals surface area contributed by atoms with Crippen molar-refractivity contribution >= 4 is 17.0 Å². The molecule has 27 heavy (non-hydrogen) atoms. The molecule has 0 heterocycles. The van der Waals surface area contributed by atoms with E-state index < -0.39 is 0 Å². The second kappa shape index (κ2) is 8.94. The van der Waals surface area contributed by atoms with Crippen LogP contribution in [-0.4, -0.2) is 27.0 Å². The van der Waals surface area contributed by atoms with Gasteiger partial charge in [0, 0.05) is 5.56 Å². The predicted octanol–water partition coefficient (Wildman–Crippen LogP) is 4.38. The van der Waals surface area contributed by atoms with Gasteiger partial charge in [-0.15, -0.1) is 0 Å². The smallest absolute Gasteiger partial charge is 0.161 e. The quantitative estimate of drug-likeness (QED) is 0.476. The number of rotatable bonds is 8. The number of methoxy groups -OCH3 is 2. The van der Waals surface area contributed by atoms with Gasteiger partial charge >= 0.3 is 0 Å². The van der Waals surface area contributed by atoms with E-state index in [0.29, 0.717) is 24.7 Å². The Morgan fingerprint density at radius 1 is 0.926 bits per heavy atom. The van der Waals surface area contributed by atoms with E-state index in [0.717, 1.165) is 27.6 Å². The Kier molecular flexibility index (Phi) is 6.15. The minimum Gasteiger partial charge on any atom is -0.493 e. The fourth-order valence-electron chi connectivity index (χ4n) is 2.93. The zero-order chi connectivity index (χ0) is 19.1. The molecule has 0 aromatic heterocycles. The van der Waals surface area contributed by atoms with Crippen molar-refractivity contribution in [3.63, 3.8) is 0 Å². The number of benzene rings is 3. The summed E-state index contributed by atoms with van der Waals surface area (Å²) < 4.78 is 16.4. The van der Waals surface area contributed by atoms with Gasteiger partial charge in [-0.2, -0.15) is 5.10 Å². The van der Waals surface area contributed by atoms with Crippen LogP contribution in [0.15, 0.2) is 59.7 Å². The Bertz CT molecular complexity index is 938. The predicted molar refractivity (Wildman–Crippen MR) is 109 cm³/mol. The van der Waals surface area contributed by atoms with Crippen molar-refractivity contribution in [3.05, 3.63) is 65.7 Å². The molecule has 0 aliphatic carbocycles. The molecule has 0 aliphatic rings. The summed E-state index contributed by atoms with van der Waals surface area (Å²) in [6, 6.07) is 18.1. The molecule has 0 saturated heterocycles. The summed E-state index contributed by atoms with van der Waals surface area (Å²) >= 11 is 0. The average Bonchev–Trinajstić information content (AvgIpc) is 2.72. The van der Waals surface area contributed by atoms with Crippen LogP contribution in [0.2, 0.25) is 0 Å². The minimum absolute atomic E-state index is 0.575. The monoisotopic (exact) mass is 364 g/mol. The topological polar surface area (TPSA) is 52.1 Å². The molecule has 0 spiro atoms. The van der Waals surface area contributed by atoms with Crippen LogP contribution in [-0.2, 0) is 6.54 Å². The summed E-state index contributed by atoms with van der Waals surface area (Å²) in [5.41, 5.74) is 5.11. The van der Waals surface area contributed by atoms with Gasteiger partial charge in [0.25, 0.3) is 0 Å². The summed E-state index contributed by atoms with van der Waals surface area (Å²) in [7, 11) is 3.25. The molecule has 0 unspecified atom stereocenters. The van der Waals surface area contributed by atoms with Crippen molar-refractivity contribution in [1.82, 2.24) is 5.43 Å². The molecular formula is C22H24N2O3. The highest BCUT2D eigenvalue weighted by molar-refractivity contribution is 6.02. The minimum atomic E-state index is 0.575. The normalized spacial score (nSPS) is 10.9. The molecule has 0 atom stereocenters. The second-order valence-electron chi connectivity index (χ2n) is 5.91. The van der Waals surface area contributed by atoms with Crippen LogP contribution in [0.1, 0.15) is 18.1 Å². The third kappa shape index (κ3) is 4.31. The molecule has 0 aliphatic heterocycles. The highest BCUT2D eigenvalue weighted by atomic mass is 16.5. The van der Waals surface area contributed by atoms with Crippen LogP contribution < -0.4 is 19.6 Å². The number of fused-ring (bicyclic) bond motifs is 1. The molecule has 3 aromatic rings. The summed E-state index contributed by atoms with van der Waals surface area (Å²) in [6.07, 6.45) is 1.81. The number of nitrogens with zero attached hydrogens (tertiary/aromatic N) is 1. The summed E-state index contributed by atoms with van der Waals surface area (Å²) in [5.74, 6) is 2.24. The second-order valence-corrected chi connectivity index (χ2v) is 5.91. The number of ether oxygens (including phenoxy) is 3. The molecule has 0 amide bonds.